The Morgan fingerprint density at radius 2 is 2.23 bits per heavy atom. The van der Waals surface area contributed by atoms with Crippen LogP contribution in [0.2, 0.25) is 5.02 Å². The van der Waals surface area contributed by atoms with Gasteiger partial charge in [-0.25, -0.2) is 0 Å². The predicted molar refractivity (Wildman–Crippen MR) is 60.6 cm³/mol. The van der Waals surface area contributed by atoms with Gasteiger partial charge in [-0.3, -0.25) is 0 Å². The van der Waals surface area contributed by atoms with Crippen LogP contribution in [-0.4, -0.2) is 10.9 Å². The second-order valence-electron chi connectivity index (χ2n) is 2.63. The van der Waals surface area contributed by atoms with E-state index in [-0.39, 0.29) is 5.75 Å². The van der Waals surface area contributed by atoms with Gasteiger partial charge in [-0.2, -0.15) is 12.6 Å². The van der Waals surface area contributed by atoms with Crippen molar-refractivity contribution < 1.29 is 5.11 Å². The lowest BCUT2D eigenvalue weighted by molar-refractivity contribution is 0.475. The third-order valence-electron chi connectivity index (χ3n) is 1.58. The third kappa shape index (κ3) is 3.33. The first-order valence-corrected chi connectivity index (χ1v) is 5.01. The van der Waals surface area contributed by atoms with Crippen molar-refractivity contribution in [2.24, 2.45) is 0 Å². The molecule has 0 spiro atoms. The molecule has 0 saturated carbocycles. The fourth-order valence-electron chi connectivity index (χ4n) is 0.927. The Bertz CT molecular complexity index is 310. The van der Waals surface area contributed by atoms with E-state index in [0.29, 0.717) is 5.02 Å². The number of benzene rings is 1. The number of thiol groups is 1. The molecule has 1 rings (SSSR count). The van der Waals surface area contributed by atoms with Crippen LogP contribution in [0.15, 0.2) is 24.3 Å². The monoisotopic (exact) mass is 214 g/mol. The summed E-state index contributed by atoms with van der Waals surface area (Å²) in [7, 11) is 0. The summed E-state index contributed by atoms with van der Waals surface area (Å²) >= 11 is 9.74. The highest BCUT2D eigenvalue weighted by molar-refractivity contribution is 7.80. The standard InChI is InChI=1S/C10H11ClOS/c11-9-5-4-8(7-10(9)12)3-1-2-6-13/h1,3-5,7,12-13H,2,6H2. The highest BCUT2D eigenvalue weighted by atomic mass is 35.5. The smallest absolute Gasteiger partial charge is 0.134 e. The molecule has 0 atom stereocenters. The first kappa shape index (κ1) is 10.5. The first-order valence-electron chi connectivity index (χ1n) is 4.00. The minimum atomic E-state index is 0.120. The number of phenolic OH excluding ortho intramolecular Hbond substituents is 1. The van der Waals surface area contributed by atoms with Gasteiger partial charge in [-0.05, 0) is 29.9 Å². The Kier molecular flexibility index (Phi) is 4.19. The molecule has 0 aliphatic rings. The van der Waals surface area contributed by atoms with Crippen LogP contribution in [0.25, 0.3) is 6.08 Å². The van der Waals surface area contributed by atoms with E-state index < -0.39 is 0 Å². The highest BCUT2D eigenvalue weighted by Gasteiger charge is 1.96. The molecular weight excluding hydrogens is 204 g/mol. The predicted octanol–water partition coefficient (Wildman–Crippen LogP) is 3.38. The summed E-state index contributed by atoms with van der Waals surface area (Å²) < 4.78 is 0. The Hall–Kier alpha value is -0.600. The lowest BCUT2D eigenvalue weighted by atomic mass is 10.2. The van der Waals surface area contributed by atoms with Crippen molar-refractivity contribution in [3.05, 3.63) is 34.9 Å². The van der Waals surface area contributed by atoms with E-state index in [9.17, 15) is 5.11 Å². The summed E-state index contributed by atoms with van der Waals surface area (Å²) in [4.78, 5) is 0. The molecule has 1 aromatic rings. The molecule has 0 saturated heterocycles. The molecule has 1 N–H and O–H groups in total. The Morgan fingerprint density at radius 3 is 2.85 bits per heavy atom. The fraction of sp³-hybridized carbons (Fsp3) is 0.200. The van der Waals surface area contributed by atoms with Crippen molar-refractivity contribution in [2.75, 3.05) is 5.75 Å². The van der Waals surface area contributed by atoms with Crippen LogP contribution in [0.3, 0.4) is 0 Å². The van der Waals surface area contributed by atoms with E-state index in [1.54, 1.807) is 12.1 Å². The molecule has 0 aromatic heterocycles. The van der Waals surface area contributed by atoms with Crippen LogP contribution in [0.4, 0.5) is 0 Å². The molecule has 3 heteroatoms. The van der Waals surface area contributed by atoms with Crippen molar-refractivity contribution in [2.45, 2.75) is 6.42 Å². The lowest BCUT2D eigenvalue weighted by Gasteiger charge is -1.97. The highest BCUT2D eigenvalue weighted by Crippen LogP contribution is 2.24. The van der Waals surface area contributed by atoms with Crippen LogP contribution in [0.1, 0.15) is 12.0 Å². The Morgan fingerprint density at radius 1 is 1.46 bits per heavy atom. The number of hydrogen-bond acceptors (Lipinski definition) is 2. The molecule has 1 aromatic carbocycles. The minimum absolute atomic E-state index is 0.120. The molecule has 0 aliphatic heterocycles. The van der Waals surface area contributed by atoms with E-state index in [1.807, 2.05) is 18.2 Å². The van der Waals surface area contributed by atoms with Gasteiger partial charge >= 0.3 is 0 Å². The summed E-state index contributed by atoms with van der Waals surface area (Å²) in [6.07, 6.45) is 4.87. The molecular formula is C10H11ClOS. The topological polar surface area (TPSA) is 20.2 Å². The van der Waals surface area contributed by atoms with Crippen LogP contribution in [0, 0.1) is 0 Å². The van der Waals surface area contributed by atoms with Crippen LogP contribution >= 0.6 is 24.2 Å². The third-order valence-corrected chi connectivity index (χ3v) is 2.15. The number of aromatic hydroxyl groups is 1. The van der Waals surface area contributed by atoms with Gasteiger partial charge < -0.3 is 5.11 Å². The maximum Gasteiger partial charge on any atom is 0.134 e. The van der Waals surface area contributed by atoms with Crippen molar-refractivity contribution in [3.63, 3.8) is 0 Å². The van der Waals surface area contributed by atoms with Gasteiger partial charge in [0, 0.05) is 0 Å². The van der Waals surface area contributed by atoms with E-state index in [0.717, 1.165) is 17.7 Å². The van der Waals surface area contributed by atoms with Gasteiger partial charge in [-0.1, -0.05) is 29.8 Å². The molecule has 0 fully saturated rings. The molecule has 1 nitrogen and oxygen atoms in total. The average molecular weight is 215 g/mol. The molecule has 13 heavy (non-hydrogen) atoms. The van der Waals surface area contributed by atoms with Gasteiger partial charge in [0.15, 0.2) is 0 Å². The van der Waals surface area contributed by atoms with Gasteiger partial charge in [0.25, 0.3) is 0 Å². The van der Waals surface area contributed by atoms with Crippen molar-refractivity contribution in [3.8, 4) is 5.75 Å². The number of allylic oxidation sites excluding steroid dienone is 1. The quantitative estimate of drug-likeness (QED) is 0.740. The van der Waals surface area contributed by atoms with Gasteiger partial charge in [0.1, 0.15) is 5.75 Å². The summed E-state index contributed by atoms with van der Waals surface area (Å²) in [6, 6.07) is 5.17. The van der Waals surface area contributed by atoms with Crippen LogP contribution in [-0.2, 0) is 0 Å². The second-order valence-corrected chi connectivity index (χ2v) is 3.48. The molecule has 0 amide bonds. The summed E-state index contributed by atoms with van der Waals surface area (Å²) in [5.74, 6) is 0.950. The van der Waals surface area contributed by atoms with Gasteiger partial charge in [0.2, 0.25) is 0 Å². The van der Waals surface area contributed by atoms with Gasteiger partial charge in [0.05, 0.1) is 5.02 Å². The SMILES string of the molecule is Oc1cc(C=CCCS)ccc1Cl. The zero-order valence-electron chi connectivity index (χ0n) is 7.07. The number of halogens is 1. The van der Waals surface area contributed by atoms with E-state index in [2.05, 4.69) is 12.6 Å². The van der Waals surface area contributed by atoms with Crippen LogP contribution in [0.5, 0.6) is 5.75 Å². The van der Waals surface area contributed by atoms with Crippen molar-refractivity contribution in [1.82, 2.24) is 0 Å². The van der Waals surface area contributed by atoms with Gasteiger partial charge in [-0.15, -0.1) is 0 Å². The molecule has 0 unspecified atom stereocenters. The average Bonchev–Trinajstić information content (AvgIpc) is 2.12. The van der Waals surface area contributed by atoms with E-state index in [1.165, 1.54) is 0 Å². The zero-order chi connectivity index (χ0) is 9.68. The van der Waals surface area contributed by atoms with E-state index >= 15 is 0 Å². The molecule has 0 heterocycles. The molecule has 70 valence electrons. The van der Waals surface area contributed by atoms with Crippen molar-refractivity contribution in [1.29, 1.82) is 0 Å². The number of hydrogen-bond donors (Lipinski definition) is 2. The molecule has 0 aliphatic carbocycles. The van der Waals surface area contributed by atoms with Crippen LogP contribution < -0.4 is 0 Å². The summed E-state index contributed by atoms with van der Waals surface area (Å²) in [5.41, 5.74) is 0.948. The second kappa shape index (κ2) is 5.20. The maximum absolute atomic E-state index is 9.28. The number of rotatable bonds is 3. The van der Waals surface area contributed by atoms with Crippen molar-refractivity contribution >= 4 is 30.3 Å². The Labute approximate surface area is 88.5 Å². The maximum atomic E-state index is 9.28. The largest absolute Gasteiger partial charge is 0.506 e. The summed E-state index contributed by atoms with van der Waals surface area (Å²) in [6.45, 7) is 0. The zero-order valence-corrected chi connectivity index (χ0v) is 8.72. The normalized spacial score (nSPS) is 10.9. The number of phenols is 1. The fourth-order valence-corrected chi connectivity index (χ4v) is 1.19. The molecule has 0 bridgehead atoms. The van der Waals surface area contributed by atoms with E-state index in [4.69, 9.17) is 11.6 Å². The first-order chi connectivity index (χ1) is 6.24. The summed E-state index contributed by atoms with van der Waals surface area (Å²) in [5, 5.41) is 9.66. The minimum Gasteiger partial charge on any atom is -0.506 e. The molecule has 0 radical (unpaired) electrons. The lowest BCUT2D eigenvalue weighted by Crippen LogP contribution is -1.74. The Balaban J connectivity index is 2.73.